The van der Waals surface area contributed by atoms with Gasteiger partial charge in [0, 0.05) is 6.07 Å². The molecule has 0 aromatic heterocycles. The summed E-state index contributed by atoms with van der Waals surface area (Å²) in [6.45, 7) is 4.00. The van der Waals surface area contributed by atoms with Crippen molar-refractivity contribution in [3.05, 3.63) is 29.8 Å². The highest BCUT2D eigenvalue weighted by atomic mass is 16.5. The topological polar surface area (TPSA) is 35.5 Å². The summed E-state index contributed by atoms with van der Waals surface area (Å²) in [5.74, 6) is 1.41. The summed E-state index contributed by atoms with van der Waals surface area (Å²) in [6, 6.07) is 5.42. The third-order valence-corrected chi connectivity index (χ3v) is 1.74. The van der Waals surface area contributed by atoms with Gasteiger partial charge in [-0.2, -0.15) is 0 Å². The van der Waals surface area contributed by atoms with Crippen molar-refractivity contribution in [2.45, 2.75) is 13.8 Å². The molecular weight excluding hydrogens is 204 g/mol. The molecule has 3 heteroatoms. The van der Waals surface area contributed by atoms with E-state index in [0.717, 1.165) is 11.8 Å². The molecule has 0 N–H and O–H groups in total. The first-order chi connectivity index (χ1) is 7.80. The monoisotopic (exact) mass is 222 g/mol. The Morgan fingerprint density at radius 2 is 1.50 bits per heavy atom. The summed E-state index contributed by atoms with van der Waals surface area (Å²) < 4.78 is 10.2. The number of ether oxygens (including phenoxy) is 2. The molecule has 0 spiro atoms. The lowest BCUT2D eigenvalue weighted by molar-refractivity contribution is -0.104. The van der Waals surface area contributed by atoms with Gasteiger partial charge >= 0.3 is 0 Å². The van der Waals surface area contributed by atoms with E-state index >= 15 is 0 Å². The molecule has 0 aliphatic carbocycles. The van der Waals surface area contributed by atoms with Crippen molar-refractivity contribution in [3.63, 3.8) is 0 Å². The molecule has 3 nitrogen and oxygen atoms in total. The SMILES string of the molecule is CC.COc1cc(/C=C/C=O)cc(OC)c1. The van der Waals surface area contributed by atoms with Crippen LogP contribution in [0.5, 0.6) is 11.5 Å². The van der Waals surface area contributed by atoms with Crippen LogP contribution in [0, 0.1) is 0 Å². The van der Waals surface area contributed by atoms with Crippen LogP contribution in [0.15, 0.2) is 24.3 Å². The van der Waals surface area contributed by atoms with Crippen LogP contribution in [0.3, 0.4) is 0 Å². The molecule has 1 aromatic rings. The van der Waals surface area contributed by atoms with Crippen molar-refractivity contribution in [2.75, 3.05) is 14.2 Å². The maximum atomic E-state index is 10.1. The van der Waals surface area contributed by atoms with Crippen LogP contribution in [0.4, 0.5) is 0 Å². The average molecular weight is 222 g/mol. The van der Waals surface area contributed by atoms with Gasteiger partial charge in [0.05, 0.1) is 14.2 Å². The standard InChI is InChI=1S/C11H12O3.C2H6/c1-13-10-6-9(4-3-5-12)7-11(8-10)14-2;1-2/h3-8H,1-2H3;1-2H3/b4-3+;. The van der Waals surface area contributed by atoms with E-state index < -0.39 is 0 Å². The van der Waals surface area contributed by atoms with Crippen LogP contribution in [-0.2, 0) is 4.79 Å². The second-order valence-corrected chi connectivity index (χ2v) is 2.64. The van der Waals surface area contributed by atoms with Crippen LogP contribution >= 0.6 is 0 Å². The van der Waals surface area contributed by atoms with Crippen molar-refractivity contribution in [1.29, 1.82) is 0 Å². The lowest BCUT2D eigenvalue weighted by atomic mass is 10.2. The Morgan fingerprint density at radius 3 is 1.88 bits per heavy atom. The molecule has 0 unspecified atom stereocenters. The number of aldehydes is 1. The normalized spacial score (nSPS) is 9.25. The summed E-state index contributed by atoms with van der Waals surface area (Å²) in [7, 11) is 3.17. The first-order valence-corrected chi connectivity index (χ1v) is 5.15. The first-order valence-electron chi connectivity index (χ1n) is 5.15. The molecule has 1 rings (SSSR count). The molecule has 0 saturated carbocycles. The molecule has 0 aliphatic heterocycles. The highest BCUT2D eigenvalue weighted by Gasteiger charge is 1.98. The van der Waals surface area contributed by atoms with Gasteiger partial charge in [-0.05, 0) is 23.8 Å². The van der Waals surface area contributed by atoms with Gasteiger partial charge in [0.2, 0.25) is 0 Å². The lowest BCUT2D eigenvalue weighted by Crippen LogP contribution is -1.88. The number of methoxy groups -OCH3 is 2. The summed E-state index contributed by atoms with van der Waals surface area (Å²) >= 11 is 0. The summed E-state index contributed by atoms with van der Waals surface area (Å²) in [6.07, 6.45) is 3.85. The largest absolute Gasteiger partial charge is 0.497 e. The Morgan fingerprint density at radius 1 is 1.00 bits per heavy atom. The van der Waals surface area contributed by atoms with E-state index in [1.807, 2.05) is 26.0 Å². The van der Waals surface area contributed by atoms with Gasteiger partial charge < -0.3 is 9.47 Å². The zero-order chi connectivity index (χ0) is 12.4. The van der Waals surface area contributed by atoms with Gasteiger partial charge in [-0.3, -0.25) is 4.79 Å². The van der Waals surface area contributed by atoms with Gasteiger partial charge in [0.15, 0.2) is 0 Å². The fraction of sp³-hybridized carbons (Fsp3) is 0.308. The smallest absolute Gasteiger partial charge is 0.142 e. The Hall–Kier alpha value is -1.77. The maximum absolute atomic E-state index is 10.1. The van der Waals surface area contributed by atoms with E-state index in [2.05, 4.69) is 0 Å². The van der Waals surface area contributed by atoms with E-state index in [9.17, 15) is 4.79 Å². The number of allylic oxidation sites excluding steroid dienone is 1. The van der Waals surface area contributed by atoms with Crippen LogP contribution < -0.4 is 9.47 Å². The van der Waals surface area contributed by atoms with Gasteiger partial charge in [0.25, 0.3) is 0 Å². The average Bonchev–Trinajstić information content (AvgIpc) is 2.38. The van der Waals surface area contributed by atoms with Crippen molar-refractivity contribution in [2.24, 2.45) is 0 Å². The number of hydrogen-bond donors (Lipinski definition) is 0. The molecule has 0 heterocycles. The fourth-order valence-electron chi connectivity index (χ4n) is 1.08. The molecule has 1 aromatic carbocycles. The zero-order valence-electron chi connectivity index (χ0n) is 10.2. The number of carbonyl (C=O) groups excluding carboxylic acids is 1. The van der Waals surface area contributed by atoms with Crippen LogP contribution in [0.1, 0.15) is 19.4 Å². The van der Waals surface area contributed by atoms with Gasteiger partial charge in [-0.15, -0.1) is 0 Å². The minimum atomic E-state index is 0.704. The maximum Gasteiger partial charge on any atom is 0.142 e. The minimum absolute atomic E-state index is 0.704. The molecule has 0 amide bonds. The van der Waals surface area contributed by atoms with Gasteiger partial charge in [-0.1, -0.05) is 19.9 Å². The summed E-state index contributed by atoms with van der Waals surface area (Å²) in [5.41, 5.74) is 0.869. The Bertz CT molecular complexity index is 321. The first kappa shape index (κ1) is 14.2. The van der Waals surface area contributed by atoms with Crippen LogP contribution in [0.2, 0.25) is 0 Å². The van der Waals surface area contributed by atoms with Crippen molar-refractivity contribution < 1.29 is 14.3 Å². The molecule has 88 valence electrons. The molecule has 0 saturated heterocycles. The van der Waals surface area contributed by atoms with E-state index in [-0.39, 0.29) is 0 Å². The Kier molecular flexibility index (Phi) is 7.59. The predicted molar refractivity (Wildman–Crippen MR) is 66.0 cm³/mol. The number of hydrogen-bond acceptors (Lipinski definition) is 3. The highest BCUT2D eigenvalue weighted by molar-refractivity contribution is 5.74. The van der Waals surface area contributed by atoms with Crippen LogP contribution in [-0.4, -0.2) is 20.5 Å². The minimum Gasteiger partial charge on any atom is -0.497 e. The molecule has 0 atom stereocenters. The molecule has 0 fully saturated rings. The lowest BCUT2D eigenvalue weighted by Gasteiger charge is -2.05. The predicted octanol–water partition coefficient (Wildman–Crippen LogP) is 2.94. The highest BCUT2D eigenvalue weighted by Crippen LogP contribution is 2.22. The van der Waals surface area contributed by atoms with Crippen LogP contribution in [0.25, 0.3) is 6.08 Å². The molecule has 16 heavy (non-hydrogen) atoms. The third kappa shape index (κ3) is 4.64. The summed E-state index contributed by atoms with van der Waals surface area (Å²) in [5, 5.41) is 0. The zero-order valence-corrected chi connectivity index (χ0v) is 10.2. The number of benzene rings is 1. The van der Waals surface area contributed by atoms with Gasteiger partial charge in [-0.25, -0.2) is 0 Å². The Balaban J connectivity index is 0.00000106. The molecular formula is C13H18O3. The van der Waals surface area contributed by atoms with Crippen molar-refractivity contribution in [3.8, 4) is 11.5 Å². The second kappa shape index (κ2) is 8.53. The van der Waals surface area contributed by atoms with Gasteiger partial charge in [0.1, 0.15) is 17.8 Å². The number of rotatable bonds is 4. The molecule has 0 aliphatic rings. The molecule has 0 radical (unpaired) electrons. The van der Waals surface area contributed by atoms with E-state index in [1.165, 1.54) is 6.08 Å². The summed E-state index contributed by atoms with van der Waals surface area (Å²) in [4.78, 5) is 10.1. The molecule has 0 bridgehead atoms. The number of carbonyl (C=O) groups is 1. The Labute approximate surface area is 96.7 Å². The van der Waals surface area contributed by atoms with E-state index in [4.69, 9.17) is 9.47 Å². The van der Waals surface area contributed by atoms with Crippen molar-refractivity contribution in [1.82, 2.24) is 0 Å². The van der Waals surface area contributed by atoms with E-state index in [0.29, 0.717) is 11.5 Å². The van der Waals surface area contributed by atoms with E-state index in [1.54, 1.807) is 26.4 Å². The van der Waals surface area contributed by atoms with Crippen molar-refractivity contribution >= 4 is 12.4 Å². The second-order valence-electron chi connectivity index (χ2n) is 2.64. The quantitative estimate of drug-likeness (QED) is 0.580. The fourth-order valence-corrected chi connectivity index (χ4v) is 1.08. The third-order valence-electron chi connectivity index (χ3n) is 1.74.